The maximum absolute atomic E-state index is 13.5. The molecule has 3 nitrogen and oxygen atoms in total. The Bertz CT molecular complexity index is 1380. The van der Waals surface area contributed by atoms with Gasteiger partial charge in [0, 0.05) is 31.2 Å². The van der Waals surface area contributed by atoms with Gasteiger partial charge in [-0.05, 0) is 41.0 Å². The number of amides is 1. The fraction of sp³-hybridized carbons (Fsp3) is 0.321. The zero-order valence-corrected chi connectivity index (χ0v) is 21.8. The van der Waals surface area contributed by atoms with Crippen LogP contribution in [-0.4, -0.2) is 52.8 Å². The number of benzene rings is 3. The van der Waals surface area contributed by atoms with E-state index >= 15 is 0 Å². The van der Waals surface area contributed by atoms with Crippen LogP contribution in [0.3, 0.4) is 0 Å². The molecule has 1 aliphatic rings. The Morgan fingerprint density at radius 2 is 1.54 bits per heavy atom. The van der Waals surface area contributed by atoms with Crippen molar-refractivity contribution in [2.75, 3.05) is 26.2 Å². The van der Waals surface area contributed by atoms with Crippen LogP contribution in [0, 0.1) is 11.8 Å². The van der Waals surface area contributed by atoms with Crippen LogP contribution in [0.2, 0.25) is 0 Å². The molecule has 3 aromatic rings. The molecule has 0 saturated carbocycles. The van der Waals surface area contributed by atoms with Crippen molar-refractivity contribution in [3.8, 4) is 11.8 Å². The summed E-state index contributed by atoms with van der Waals surface area (Å²) in [6.07, 6.45) is -9.78. The van der Waals surface area contributed by atoms with Gasteiger partial charge in [-0.3, -0.25) is 9.69 Å². The molecule has 1 saturated heterocycles. The molecule has 11 heteroatoms. The lowest BCUT2D eigenvalue weighted by molar-refractivity contribution is -0.143. The number of halogens is 8. The number of rotatable bonds is 4. The molecule has 1 heterocycles. The highest BCUT2D eigenvalue weighted by Gasteiger charge is 2.39. The van der Waals surface area contributed by atoms with Gasteiger partial charge in [-0.1, -0.05) is 77.5 Å². The monoisotopic (exact) mass is 586 g/mol. The largest absolute Gasteiger partial charge is 0.416 e. The first kappa shape index (κ1) is 29.1. The van der Waals surface area contributed by atoms with Crippen molar-refractivity contribution in [2.45, 2.75) is 29.7 Å². The molecule has 3 aromatic carbocycles. The van der Waals surface area contributed by atoms with E-state index in [1.807, 2.05) is 47.4 Å². The molecule has 0 aliphatic carbocycles. The Morgan fingerprint density at radius 3 is 2.15 bits per heavy atom. The number of nitrogens with zero attached hydrogens (tertiary/aromatic N) is 2. The van der Waals surface area contributed by atoms with Gasteiger partial charge in [-0.15, -0.1) is 0 Å². The van der Waals surface area contributed by atoms with E-state index in [-0.39, 0.29) is 19.2 Å². The van der Waals surface area contributed by atoms with Crippen molar-refractivity contribution in [1.82, 2.24) is 9.80 Å². The topological polar surface area (TPSA) is 23.6 Å². The molecule has 0 N–H and O–H groups in total. The summed E-state index contributed by atoms with van der Waals surface area (Å²) >= 11 is 11.3. The second kappa shape index (κ2) is 11.7. The molecule has 0 radical (unpaired) electrons. The van der Waals surface area contributed by atoms with Gasteiger partial charge in [0.15, 0.2) is 4.84 Å². The Morgan fingerprint density at radius 1 is 0.897 bits per heavy atom. The lowest BCUT2D eigenvalue weighted by Crippen LogP contribution is -2.56. The fourth-order valence-corrected chi connectivity index (χ4v) is 4.78. The molecule has 206 valence electrons. The third-order valence-corrected chi connectivity index (χ3v) is 6.68. The minimum absolute atomic E-state index is 0.0148. The maximum atomic E-state index is 13.5. The van der Waals surface area contributed by atoms with Gasteiger partial charge in [0.2, 0.25) is 0 Å². The molecule has 0 unspecified atom stereocenters. The van der Waals surface area contributed by atoms with Gasteiger partial charge in [-0.25, -0.2) is 0 Å². The van der Waals surface area contributed by atoms with Crippen molar-refractivity contribution in [3.63, 3.8) is 0 Å². The summed E-state index contributed by atoms with van der Waals surface area (Å²) in [5, 5.41) is 1.98. The van der Waals surface area contributed by atoms with E-state index in [4.69, 9.17) is 23.2 Å². The van der Waals surface area contributed by atoms with E-state index < -0.39 is 45.8 Å². The molecule has 39 heavy (non-hydrogen) atoms. The molecular formula is C28H22Cl2F6N2O. The van der Waals surface area contributed by atoms with Gasteiger partial charge < -0.3 is 4.90 Å². The Balaban J connectivity index is 1.67. The molecule has 0 aromatic heterocycles. The predicted molar refractivity (Wildman–Crippen MR) is 139 cm³/mol. The zero-order valence-electron chi connectivity index (χ0n) is 20.3. The first-order chi connectivity index (χ1) is 18.3. The van der Waals surface area contributed by atoms with Crippen LogP contribution < -0.4 is 0 Å². The Labute approximate surface area is 231 Å². The maximum Gasteiger partial charge on any atom is 0.416 e. The molecule has 4 rings (SSSR count). The van der Waals surface area contributed by atoms with E-state index in [9.17, 15) is 31.1 Å². The highest BCUT2D eigenvalue weighted by atomic mass is 35.5. The lowest BCUT2D eigenvalue weighted by atomic mass is 9.97. The van der Waals surface area contributed by atoms with Gasteiger partial charge in [0.05, 0.1) is 17.7 Å². The number of fused-ring (bicyclic) bond motifs is 1. The van der Waals surface area contributed by atoms with Gasteiger partial charge in [0.1, 0.15) is 0 Å². The quantitative estimate of drug-likeness (QED) is 0.186. The van der Waals surface area contributed by atoms with Crippen molar-refractivity contribution >= 4 is 39.9 Å². The van der Waals surface area contributed by atoms with E-state index in [1.54, 1.807) is 0 Å². The van der Waals surface area contributed by atoms with Crippen LogP contribution in [0.15, 0.2) is 60.7 Å². The average Bonchev–Trinajstić information content (AvgIpc) is 2.87. The zero-order chi connectivity index (χ0) is 28.4. The molecule has 0 spiro atoms. The van der Waals surface area contributed by atoms with Crippen LogP contribution in [0.25, 0.3) is 10.8 Å². The van der Waals surface area contributed by atoms with Gasteiger partial charge >= 0.3 is 12.4 Å². The average molecular weight is 587 g/mol. The van der Waals surface area contributed by atoms with E-state index in [2.05, 4.69) is 11.8 Å². The van der Waals surface area contributed by atoms with Crippen molar-refractivity contribution in [3.05, 3.63) is 82.9 Å². The summed E-state index contributed by atoms with van der Waals surface area (Å²) in [5.41, 5.74) is -2.86. The number of alkyl halides is 8. The fourth-order valence-electron chi connectivity index (χ4n) is 4.62. The smallest absolute Gasteiger partial charge is 0.333 e. The van der Waals surface area contributed by atoms with Crippen LogP contribution in [0.5, 0.6) is 0 Å². The predicted octanol–water partition coefficient (Wildman–Crippen LogP) is 7.05. The first-order valence-corrected chi connectivity index (χ1v) is 12.8. The third kappa shape index (κ3) is 7.38. The molecule has 0 bridgehead atoms. The summed E-state index contributed by atoms with van der Waals surface area (Å²) in [7, 11) is 0. The van der Waals surface area contributed by atoms with Crippen molar-refractivity contribution in [2.24, 2.45) is 0 Å². The van der Waals surface area contributed by atoms with Gasteiger partial charge in [-0.2, -0.15) is 26.3 Å². The summed E-state index contributed by atoms with van der Waals surface area (Å²) in [4.78, 5) is 15.9. The number of hydrogen-bond donors (Lipinski definition) is 0. The number of carbonyl (C=O) groups is 1. The summed E-state index contributed by atoms with van der Waals surface area (Å²) < 4.78 is 80.6. The third-order valence-electron chi connectivity index (χ3n) is 6.46. The van der Waals surface area contributed by atoms with Crippen LogP contribution in [0.1, 0.15) is 27.0 Å². The second-order valence-electron chi connectivity index (χ2n) is 9.19. The van der Waals surface area contributed by atoms with Crippen molar-refractivity contribution in [1.29, 1.82) is 0 Å². The lowest BCUT2D eigenvalue weighted by Gasteiger charge is -2.41. The summed E-state index contributed by atoms with van der Waals surface area (Å²) in [5.74, 6) is 4.57. The van der Waals surface area contributed by atoms with E-state index in [1.165, 1.54) is 4.90 Å². The molecule has 1 aliphatic heterocycles. The van der Waals surface area contributed by atoms with Crippen LogP contribution >= 0.6 is 23.2 Å². The summed E-state index contributed by atoms with van der Waals surface area (Å²) in [6, 6.07) is 13.9. The summed E-state index contributed by atoms with van der Waals surface area (Å²) in [6.45, 7) is 0.984. The normalized spacial score (nSPS) is 16.8. The minimum atomic E-state index is -5.05. The minimum Gasteiger partial charge on any atom is -0.333 e. The number of piperazine rings is 1. The van der Waals surface area contributed by atoms with Crippen LogP contribution in [0.4, 0.5) is 26.3 Å². The highest BCUT2D eigenvalue weighted by Crippen LogP contribution is 2.37. The highest BCUT2D eigenvalue weighted by molar-refractivity contribution is 6.46. The van der Waals surface area contributed by atoms with Crippen LogP contribution in [-0.2, 0) is 18.8 Å². The van der Waals surface area contributed by atoms with E-state index in [0.717, 1.165) is 16.3 Å². The molecule has 1 fully saturated rings. The standard InChI is InChI=1S/C28H22Cl2F6N2O/c29-25(30)6-3-9-37-10-11-38(24(17-37)13-18-7-8-19-4-1-2-5-20(19)12-18)26(39)21-14-22(27(31,32)33)16-23(15-21)28(34,35)36/h1-2,4-5,7-8,12,14-16,24-25H,9-11,13,17H2/t24-/m1/s1. The Kier molecular flexibility index (Phi) is 8.69. The van der Waals surface area contributed by atoms with Gasteiger partial charge in [0.25, 0.3) is 5.91 Å². The molecule has 1 atom stereocenters. The van der Waals surface area contributed by atoms with E-state index in [0.29, 0.717) is 31.6 Å². The molecular weight excluding hydrogens is 565 g/mol. The second-order valence-corrected chi connectivity index (χ2v) is 10.3. The Hall–Kier alpha value is -2.93. The first-order valence-electron chi connectivity index (χ1n) is 11.9. The number of hydrogen-bond acceptors (Lipinski definition) is 2. The molecule has 1 amide bonds. The van der Waals surface area contributed by atoms with Crippen molar-refractivity contribution < 1.29 is 31.1 Å². The number of carbonyl (C=O) groups excluding carboxylic acids is 1. The SMILES string of the molecule is O=C(c1cc(C(F)(F)F)cc(C(F)(F)F)c1)N1CCN(CC#CC(Cl)Cl)C[C@H]1Cc1ccc2ccccc2c1.